The summed E-state index contributed by atoms with van der Waals surface area (Å²) < 4.78 is 23.6. The van der Waals surface area contributed by atoms with E-state index in [1.54, 1.807) is 12.3 Å². The van der Waals surface area contributed by atoms with Gasteiger partial charge in [-0.25, -0.2) is 4.39 Å². The molecule has 0 spiro atoms. The van der Waals surface area contributed by atoms with Crippen LogP contribution in [-0.4, -0.2) is 30.5 Å². The van der Waals surface area contributed by atoms with Gasteiger partial charge in [0.25, 0.3) is 0 Å². The molecule has 0 unspecified atom stereocenters. The Hall–Kier alpha value is -3.15. The lowest BCUT2D eigenvalue weighted by atomic mass is 10.1. The van der Waals surface area contributed by atoms with Gasteiger partial charge in [0, 0.05) is 22.7 Å². The van der Waals surface area contributed by atoms with Gasteiger partial charge in [-0.15, -0.1) is 0 Å². The summed E-state index contributed by atoms with van der Waals surface area (Å²) in [5, 5.41) is 0.813. The van der Waals surface area contributed by atoms with E-state index in [0.29, 0.717) is 11.1 Å². The van der Waals surface area contributed by atoms with Gasteiger partial charge in [-0.05, 0) is 29.7 Å². The summed E-state index contributed by atoms with van der Waals surface area (Å²) in [6, 6.07) is 10.0. The normalized spacial score (nSPS) is 10.8. The number of hydrogen-bond donors (Lipinski definition) is 1. The van der Waals surface area contributed by atoms with Gasteiger partial charge in [0.05, 0.1) is 13.5 Å². The number of carbonyl (C=O) groups excluding carboxylic acids is 2. The van der Waals surface area contributed by atoms with Crippen molar-refractivity contribution in [3.8, 4) is 5.75 Å². The van der Waals surface area contributed by atoms with Crippen LogP contribution in [0.5, 0.6) is 5.75 Å². The first kappa shape index (κ1) is 18.6. The van der Waals surface area contributed by atoms with Crippen LogP contribution in [-0.2, 0) is 22.4 Å². The summed E-state index contributed by atoms with van der Waals surface area (Å²) >= 11 is 0. The number of H-pyrrole nitrogens is 1. The number of halogens is 1. The minimum atomic E-state index is -0.595. The molecule has 0 aliphatic carbocycles. The molecule has 1 aromatic heterocycles. The Bertz CT molecular complexity index is 993. The van der Waals surface area contributed by atoms with E-state index in [-0.39, 0.29) is 24.6 Å². The number of fused-ring (bicyclic) bond motifs is 1. The van der Waals surface area contributed by atoms with Gasteiger partial charge in [0.2, 0.25) is 5.78 Å². The number of para-hydroxylation sites is 1. The van der Waals surface area contributed by atoms with Crippen molar-refractivity contribution in [3.63, 3.8) is 0 Å². The first-order chi connectivity index (χ1) is 13.0. The lowest BCUT2D eigenvalue weighted by Gasteiger charge is -2.06. The van der Waals surface area contributed by atoms with Crippen molar-refractivity contribution >= 4 is 22.7 Å². The van der Waals surface area contributed by atoms with Crippen molar-refractivity contribution in [2.45, 2.75) is 19.8 Å². The van der Waals surface area contributed by atoms with Crippen molar-refractivity contribution < 1.29 is 23.5 Å². The largest absolute Gasteiger partial charge is 0.494 e. The van der Waals surface area contributed by atoms with Crippen molar-refractivity contribution in [1.82, 2.24) is 4.98 Å². The SMILES string of the molecule is CCc1cccc2c(C(=O)COC(=O)Cc3ccc(OC)c(F)c3)c[nH]c12. The van der Waals surface area contributed by atoms with E-state index in [4.69, 9.17) is 9.47 Å². The van der Waals surface area contributed by atoms with Gasteiger partial charge < -0.3 is 14.5 Å². The number of methoxy groups -OCH3 is 1. The number of aromatic amines is 1. The molecule has 0 fully saturated rings. The van der Waals surface area contributed by atoms with Gasteiger partial charge in [0.15, 0.2) is 18.2 Å². The average molecular weight is 369 g/mol. The number of hydrogen-bond acceptors (Lipinski definition) is 4. The number of aromatic nitrogens is 1. The van der Waals surface area contributed by atoms with Gasteiger partial charge in [-0.3, -0.25) is 9.59 Å². The fourth-order valence-electron chi connectivity index (χ4n) is 3.00. The third kappa shape index (κ3) is 4.00. The van der Waals surface area contributed by atoms with Crippen LogP contribution >= 0.6 is 0 Å². The second kappa shape index (κ2) is 8.03. The fraction of sp³-hybridized carbons (Fsp3) is 0.238. The standard InChI is InChI=1S/C21H20FNO4/c1-3-14-5-4-6-15-16(11-23-21(14)15)18(24)12-27-20(25)10-13-7-8-19(26-2)17(22)9-13/h4-9,11,23H,3,10,12H2,1-2H3. The molecule has 6 heteroatoms. The molecule has 1 heterocycles. The quantitative estimate of drug-likeness (QED) is 0.507. The number of Topliss-reactive ketones (excluding diaryl/α,β-unsaturated/α-hetero) is 1. The topological polar surface area (TPSA) is 68.4 Å². The predicted molar refractivity (Wildman–Crippen MR) is 99.6 cm³/mol. The third-order valence-corrected chi connectivity index (χ3v) is 4.41. The maximum absolute atomic E-state index is 13.7. The molecule has 2 aromatic carbocycles. The Kier molecular flexibility index (Phi) is 5.54. The number of ether oxygens (including phenoxy) is 2. The highest BCUT2D eigenvalue weighted by molar-refractivity contribution is 6.09. The van der Waals surface area contributed by atoms with Crippen LogP contribution < -0.4 is 4.74 Å². The van der Waals surface area contributed by atoms with E-state index in [1.807, 2.05) is 25.1 Å². The number of aryl methyl sites for hydroxylation is 1. The zero-order valence-corrected chi connectivity index (χ0v) is 15.2. The molecular weight excluding hydrogens is 349 g/mol. The number of carbonyl (C=O) groups is 2. The average Bonchev–Trinajstić information content (AvgIpc) is 3.10. The lowest BCUT2D eigenvalue weighted by Crippen LogP contribution is -2.15. The third-order valence-electron chi connectivity index (χ3n) is 4.41. The molecule has 0 amide bonds. The fourth-order valence-corrected chi connectivity index (χ4v) is 3.00. The first-order valence-corrected chi connectivity index (χ1v) is 8.63. The van der Waals surface area contributed by atoms with Crippen LogP contribution in [0.25, 0.3) is 10.9 Å². The van der Waals surface area contributed by atoms with Crippen LogP contribution in [0.3, 0.4) is 0 Å². The van der Waals surface area contributed by atoms with E-state index < -0.39 is 11.8 Å². The van der Waals surface area contributed by atoms with Gasteiger partial charge in [0.1, 0.15) is 0 Å². The van der Waals surface area contributed by atoms with Gasteiger partial charge in [-0.2, -0.15) is 0 Å². The molecule has 3 rings (SSSR count). The molecular formula is C21H20FNO4. The van der Waals surface area contributed by atoms with Gasteiger partial charge in [-0.1, -0.05) is 31.2 Å². The summed E-state index contributed by atoms with van der Waals surface area (Å²) in [7, 11) is 1.37. The number of nitrogens with one attached hydrogen (secondary N) is 1. The maximum atomic E-state index is 13.7. The molecule has 0 saturated heterocycles. The molecule has 3 aromatic rings. The van der Waals surface area contributed by atoms with Crippen molar-refractivity contribution in [2.75, 3.05) is 13.7 Å². The molecule has 0 aliphatic rings. The number of esters is 1. The predicted octanol–water partition coefficient (Wildman–Crippen LogP) is 3.85. The molecule has 27 heavy (non-hydrogen) atoms. The highest BCUT2D eigenvalue weighted by atomic mass is 19.1. The van der Waals surface area contributed by atoms with Crippen LogP contribution in [0, 0.1) is 5.82 Å². The monoisotopic (exact) mass is 369 g/mol. The summed E-state index contributed by atoms with van der Waals surface area (Å²) in [5.74, 6) is -1.33. The highest BCUT2D eigenvalue weighted by Gasteiger charge is 2.16. The molecule has 5 nitrogen and oxygen atoms in total. The van der Waals surface area contributed by atoms with E-state index in [0.717, 1.165) is 22.9 Å². The second-order valence-electron chi connectivity index (χ2n) is 6.13. The Morgan fingerprint density at radius 2 is 2.00 bits per heavy atom. The zero-order valence-electron chi connectivity index (χ0n) is 15.2. The van der Waals surface area contributed by atoms with Crippen LogP contribution in [0.1, 0.15) is 28.4 Å². The summed E-state index contributed by atoms with van der Waals surface area (Å²) in [6.07, 6.45) is 2.36. The Morgan fingerprint density at radius 3 is 2.70 bits per heavy atom. The van der Waals surface area contributed by atoms with E-state index in [9.17, 15) is 14.0 Å². The van der Waals surface area contributed by atoms with Crippen LogP contribution in [0.4, 0.5) is 4.39 Å². The highest BCUT2D eigenvalue weighted by Crippen LogP contribution is 2.23. The van der Waals surface area contributed by atoms with Crippen LogP contribution in [0.15, 0.2) is 42.6 Å². The smallest absolute Gasteiger partial charge is 0.310 e. The first-order valence-electron chi connectivity index (χ1n) is 8.63. The zero-order chi connectivity index (χ0) is 19.4. The summed E-state index contributed by atoms with van der Waals surface area (Å²) in [4.78, 5) is 27.5. The van der Waals surface area contributed by atoms with Crippen molar-refractivity contribution in [1.29, 1.82) is 0 Å². The van der Waals surface area contributed by atoms with E-state index in [2.05, 4.69) is 4.98 Å². The number of ketones is 1. The lowest BCUT2D eigenvalue weighted by molar-refractivity contribution is -0.141. The molecule has 0 saturated carbocycles. The Morgan fingerprint density at radius 1 is 1.19 bits per heavy atom. The molecule has 0 radical (unpaired) electrons. The maximum Gasteiger partial charge on any atom is 0.310 e. The Labute approximate surface area is 156 Å². The van der Waals surface area contributed by atoms with Crippen molar-refractivity contribution in [2.24, 2.45) is 0 Å². The summed E-state index contributed by atoms with van der Waals surface area (Å²) in [5.41, 5.74) is 2.97. The minimum absolute atomic E-state index is 0.105. The molecule has 1 N–H and O–H groups in total. The second-order valence-corrected chi connectivity index (χ2v) is 6.13. The minimum Gasteiger partial charge on any atom is -0.494 e. The number of benzene rings is 2. The van der Waals surface area contributed by atoms with E-state index in [1.165, 1.54) is 19.2 Å². The van der Waals surface area contributed by atoms with Crippen molar-refractivity contribution in [3.05, 3.63) is 65.1 Å². The summed E-state index contributed by atoms with van der Waals surface area (Å²) in [6.45, 7) is 1.68. The van der Waals surface area contributed by atoms with Gasteiger partial charge >= 0.3 is 5.97 Å². The Balaban J connectivity index is 1.64. The van der Waals surface area contributed by atoms with E-state index >= 15 is 0 Å². The molecule has 0 bridgehead atoms. The molecule has 0 aliphatic heterocycles. The number of rotatable bonds is 7. The van der Waals surface area contributed by atoms with Crippen LogP contribution in [0.2, 0.25) is 0 Å². The molecule has 0 atom stereocenters. The molecule has 140 valence electrons.